The van der Waals surface area contributed by atoms with Gasteiger partial charge in [-0.15, -0.1) is 0 Å². The summed E-state index contributed by atoms with van der Waals surface area (Å²) in [5.74, 6) is 0.764. The first-order chi connectivity index (χ1) is 25.1. The summed E-state index contributed by atoms with van der Waals surface area (Å²) in [5, 5.41) is 10.3. The quantitative estimate of drug-likeness (QED) is 0.147. The first-order valence-electron chi connectivity index (χ1n) is 16.5. The highest BCUT2D eigenvalue weighted by Crippen LogP contribution is 2.32. The fourth-order valence-electron chi connectivity index (χ4n) is 5.92. The van der Waals surface area contributed by atoms with Crippen LogP contribution in [0.1, 0.15) is 36.8 Å². The number of aromatic nitrogens is 4. The summed E-state index contributed by atoms with van der Waals surface area (Å²) in [6.45, 7) is 8.00. The van der Waals surface area contributed by atoms with Gasteiger partial charge in [0.1, 0.15) is 6.33 Å². The van der Waals surface area contributed by atoms with E-state index in [1.54, 1.807) is 23.0 Å². The average molecular weight is 739 g/mol. The number of imidazole rings is 1. The lowest BCUT2D eigenvalue weighted by molar-refractivity contribution is 0.306. The fourth-order valence-corrected chi connectivity index (χ4v) is 8.53. The highest BCUT2D eigenvalue weighted by molar-refractivity contribution is 8.12. The molecule has 2 heterocycles. The molecular weight excluding hydrogens is 701 g/mol. The van der Waals surface area contributed by atoms with Gasteiger partial charge in [-0.3, -0.25) is 9.56 Å². The zero-order chi connectivity index (χ0) is 36.7. The highest BCUT2D eigenvalue weighted by atomic mass is 32.3. The molecule has 1 aliphatic rings. The molecule has 3 aromatic carbocycles. The molecule has 13 nitrogen and oxygen atoms in total. The number of rotatable bonds is 14. The molecule has 6 rings (SSSR count). The minimum atomic E-state index is -4.48. The third-order valence-corrected chi connectivity index (χ3v) is 11.8. The van der Waals surface area contributed by atoms with Crippen LogP contribution in [0.25, 0.3) is 16.9 Å². The average Bonchev–Trinajstić information content (AvgIpc) is 3.59. The second-order valence-corrected chi connectivity index (χ2v) is 15.6. The van der Waals surface area contributed by atoms with Crippen LogP contribution in [-0.2, 0) is 33.1 Å². The molecule has 15 heteroatoms. The molecule has 0 unspecified atom stereocenters. The largest absolute Gasteiger partial charge is 0.394 e. The van der Waals surface area contributed by atoms with Crippen LogP contribution >= 0.6 is 0 Å². The minimum absolute atomic E-state index is 0.00625. The van der Waals surface area contributed by atoms with Crippen LogP contribution in [0.4, 0.5) is 17.5 Å². The SMILES string of the molecule is C=CS(=O)(=O)N(c1cccc(-n2cnc3c(N(Cc4ccccc4)Cc4ccccc4)nc(N=C4CCC(=NCCO)CC4)nc32)c1)S(=O)(=O)C=C. The summed E-state index contributed by atoms with van der Waals surface area (Å²) in [7, 11) is -8.96. The van der Waals surface area contributed by atoms with Crippen LogP contribution in [0, 0.1) is 0 Å². The van der Waals surface area contributed by atoms with E-state index >= 15 is 0 Å². The maximum Gasteiger partial charge on any atom is 0.270 e. The molecule has 268 valence electrons. The van der Waals surface area contributed by atoms with Crippen LogP contribution in [0.2, 0.25) is 0 Å². The van der Waals surface area contributed by atoms with E-state index < -0.39 is 20.0 Å². The number of aliphatic hydroxyl groups excluding tert-OH is 1. The zero-order valence-corrected chi connectivity index (χ0v) is 30.0. The lowest BCUT2D eigenvalue weighted by atomic mass is 9.96. The molecule has 52 heavy (non-hydrogen) atoms. The minimum Gasteiger partial charge on any atom is -0.394 e. The van der Waals surface area contributed by atoms with Gasteiger partial charge in [0.25, 0.3) is 26.0 Å². The second kappa shape index (κ2) is 15.8. The van der Waals surface area contributed by atoms with Crippen molar-refractivity contribution in [3.63, 3.8) is 0 Å². The molecule has 0 atom stereocenters. The third kappa shape index (κ3) is 8.17. The van der Waals surface area contributed by atoms with Crippen molar-refractivity contribution in [1.82, 2.24) is 19.5 Å². The summed E-state index contributed by atoms with van der Waals surface area (Å²) < 4.78 is 53.7. The van der Waals surface area contributed by atoms with E-state index in [0.717, 1.165) is 35.4 Å². The topological polar surface area (TPSA) is 163 Å². The molecule has 0 spiro atoms. The van der Waals surface area contributed by atoms with Crippen molar-refractivity contribution in [3.05, 3.63) is 126 Å². The maximum absolute atomic E-state index is 12.9. The molecule has 1 saturated carbocycles. The van der Waals surface area contributed by atoms with Crippen LogP contribution in [0.15, 0.2) is 125 Å². The first kappa shape index (κ1) is 36.3. The Kier molecular flexibility index (Phi) is 11.0. The summed E-state index contributed by atoms with van der Waals surface area (Å²) >= 11 is 0. The molecule has 0 bridgehead atoms. The van der Waals surface area contributed by atoms with E-state index in [4.69, 9.17) is 19.9 Å². The third-order valence-electron chi connectivity index (χ3n) is 8.40. The molecule has 2 aromatic heterocycles. The standard InChI is InChI=1S/C37H38N8O5S2/c1-3-51(47,48)45(52(49,50)4-2)33-17-11-16-32(24-33)44-27-39-34-35(43(25-28-12-7-5-8-13-28)26-29-14-9-6-10-15-29)41-37(42-36(34)44)40-31-20-18-30(19-21-31)38-22-23-46/h3-17,24,27,46H,1-2,18-23,25-26H2. The molecule has 1 N–H and O–H groups in total. The number of anilines is 2. The Balaban J connectivity index is 1.51. The van der Waals surface area contributed by atoms with Gasteiger partial charge in [0.05, 0.1) is 24.5 Å². The zero-order valence-electron chi connectivity index (χ0n) is 28.4. The van der Waals surface area contributed by atoms with Gasteiger partial charge in [-0.1, -0.05) is 79.9 Å². The van der Waals surface area contributed by atoms with E-state index in [2.05, 4.69) is 23.1 Å². The predicted molar refractivity (Wildman–Crippen MR) is 205 cm³/mol. The Morgan fingerprint density at radius 3 is 1.96 bits per heavy atom. The van der Waals surface area contributed by atoms with Crippen molar-refractivity contribution in [2.24, 2.45) is 9.98 Å². The van der Waals surface area contributed by atoms with Gasteiger partial charge >= 0.3 is 0 Å². The van der Waals surface area contributed by atoms with Crippen LogP contribution in [-0.4, -0.2) is 66.0 Å². The number of sulfonamides is 2. The normalized spacial score (nSPS) is 13.5. The predicted octanol–water partition coefficient (Wildman–Crippen LogP) is 5.86. The van der Waals surface area contributed by atoms with Crippen molar-refractivity contribution in [3.8, 4) is 5.69 Å². The molecule has 0 saturated heterocycles. The number of fused-ring (bicyclic) bond motifs is 1. The Bertz CT molecular complexity index is 2270. The summed E-state index contributed by atoms with van der Waals surface area (Å²) in [4.78, 5) is 26.1. The number of aliphatic hydroxyl groups is 1. The number of nitrogens with zero attached hydrogens (tertiary/aromatic N) is 8. The summed E-state index contributed by atoms with van der Waals surface area (Å²) in [6, 6.07) is 26.0. The van der Waals surface area contributed by atoms with Gasteiger partial charge in [-0.05, 0) is 55.0 Å². The number of hydrogen-bond acceptors (Lipinski definition) is 11. The molecule has 5 aromatic rings. The van der Waals surface area contributed by atoms with Crippen molar-refractivity contribution >= 4 is 60.1 Å². The Hall–Kier alpha value is -5.51. The van der Waals surface area contributed by atoms with Crippen molar-refractivity contribution in [2.45, 2.75) is 38.8 Å². The second-order valence-electron chi connectivity index (χ2n) is 12.0. The van der Waals surface area contributed by atoms with Gasteiger partial charge in [0.15, 0.2) is 17.0 Å². The Labute approximate surface area is 303 Å². The Morgan fingerprint density at radius 2 is 1.38 bits per heavy atom. The summed E-state index contributed by atoms with van der Waals surface area (Å²) in [6.07, 6.45) is 4.34. The van der Waals surface area contributed by atoms with Gasteiger partial charge in [-0.2, -0.15) is 13.7 Å². The lowest BCUT2D eigenvalue weighted by Crippen LogP contribution is -2.34. The number of benzene rings is 3. The molecular formula is C37H38N8O5S2. The van der Waals surface area contributed by atoms with Gasteiger partial charge in [-0.25, -0.2) is 26.8 Å². The van der Waals surface area contributed by atoms with Crippen molar-refractivity contribution in [1.29, 1.82) is 0 Å². The molecule has 0 radical (unpaired) electrons. The maximum atomic E-state index is 12.9. The van der Waals surface area contributed by atoms with Crippen LogP contribution in [0.5, 0.6) is 0 Å². The van der Waals surface area contributed by atoms with E-state index in [1.807, 2.05) is 60.7 Å². The smallest absolute Gasteiger partial charge is 0.270 e. The highest BCUT2D eigenvalue weighted by Gasteiger charge is 2.31. The molecule has 0 aliphatic heterocycles. The number of aliphatic imine (C=N–C) groups is 2. The molecule has 1 aliphatic carbocycles. The van der Waals surface area contributed by atoms with Crippen LogP contribution in [0.3, 0.4) is 0 Å². The molecule has 0 amide bonds. The monoisotopic (exact) mass is 738 g/mol. The fraction of sp³-hybridized carbons (Fsp3) is 0.216. The van der Waals surface area contributed by atoms with Gasteiger partial charge in [0.2, 0.25) is 0 Å². The van der Waals surface area contributed by atoms with Crippen molar-refractivity contribution < 1.29 is 21.9 Å². The summed E-state index contributed by atoms with van der Waals surface area (Å²) in [5.41, 5.74) is 5.18. The van der Waals surface area contributed by atoms with Crippen molar-refractivity contribution in [2.75, 3.05) is 21.8 Å². The van der Waals surface area contributed by atoms with Crippen LogP contribution < -0.4 is 8.61 Å². The molecule has 1 fully saturated rings. The number of hydrogen-bond donors (Lipinski definition) is 1. The lowest BCUT2D eigenvalue weighted by Gasteiger charge is -2.25. The van der Waals surface area contributed by atoms with E-state index in [0.29, 0.717) is 66.0 Å². The van der Waals surface area contributed by atoms with E-state index in [-0.39, 0.29) is 22.0 Å². The Morgan fingerprint density at radius 1 is 0.788 bits per heavy atom. The van der Waals surface area contributed by atoms with E-state index in [1.165, 1.54) is 12.1 Å². The van der Waals surface area contributed by atoms with Gasteiger partial charge in [0, 0.05) is 35.3 Å². The van der Waals surface area contributed by atoms with E-state index in [9.17, 15) is 21.9 Å². The first-order valence-corrected chi connectivity index (χ1v) is 19.6. The van der Waals surface area contributed by atoms with Gasteiger partial charge < -0.3 is 10.0 Å².